The van der Waals surface area contributed by atoms with Crippen molar-refractivity contribution in [1.29, 1.82) is 0 Å². The monoisotopic (exact) mass is 389 g/mol. The van der Waals surface area contributed by atoms with Crippen LogP contribution in [0.3, 0.4) is 0 Å². The molecular weight excluding hydrogens is 366 g/mol. The summed E-state index contributed by atoms with van der Waals surface area (Å²) in [4.78, 5) is 16.6. The highest BCUT2D eigenvalue weighted by atomic mass is 16.5. The van der Waals surface area contributed by atoms with Gasteiger partial charge in [-0.25, -0.2) is 4.98 Å². The van der Waals surface area contributed by atoms with Crippen LogP contribution < -0.4 is 15.4 Å². The standard InChI is InChI=1S/C23H23N3O3/c27-23(25-16-19-9-6-14-28-19)17-12-13-22(24-15-17)26-20-10-4-5-11-21(20)29-18-7-2-1-3-8-18/h1-5,7-8,10-13,15,19H,6,9,14,16H2,(H,24,26)(H,25,27). The topological polar surface area (TPSA) is 72.5 Å². The Balaban J connectivity index is 1.39. The lowest BCUT2D eigenvalue weighted by Crippen LogP contribution is -2.31. The summed E-state index contributed by atoms with van der Waals surface area (Å²) in [6, 6.07) is 20.8. The van der Waals surface area contributed by atoms with Crippen molar-refractivity contribution < 1.29 is 14.3 Å². The number of pyridine rings is 1. The van der Waals surface area contributed by atoms with Gasteiger partial charge in [0.05, 0.1) is 17.4 Å². The summed E-state index contributed by atoms with van der Waals surface area (Å²) >= 11 is 0. The van der Waals surface area contributed by atoms with Crippen molar-refractivity contribution in [3.8, 4) is 11.5 Å². The maximum Gasteiger partial charge on any atom is 0.252 e. The highest BCUT2D eigenvalue weighted by Gasteiger charge is 2.16. The van der Waals surface area contributed by atoms with E-state index in [-0.39, 0.29) is 12.0 Å². The Morgan fingerprint density at radius 3 is 2.66 bits per heavy atom. The number of ether oxygens (including phenoxy) is 2. The number of carbonyl (C=O) groups is 1. The molecule has 1 aliphatic rings. The quantitative estimate of drug-likeness (QED) is 0.621. The van der Waals surface area contributed by atoms with E-state index in [9.17, 15) is 4.79 Å². The lowest BCUT2D eigenvalue weighted by Gasteiger charge is -2.13. The van der Waals surface area contributed by atoms with E-state index in [0.29, 0.717) is 23.7 Å². The zero-order chi connectivity index (χ0) is 19.9. The van der Waals surface area contributed by atoms with Gasteiger partial charge in [0.25, 0.3) is 5.91 Å². The summed E-state index contributed by atoms with van der Waals surface area (Å²) < 4.78 is 11.5. The Hall–Kier alpha value is -3.38. The molecule has 4 rings (SSSR count). The molecule has 0 radical (unpaired) electrons. The van der Waals surface area contributed by atoms with Crippen molar-refractivity contribution in [2.24, 2.45) is 0 Å². The summed E-state index contributed by atoms with van der Waals surface area (Å²) in [5.74, 6) is 1.93. The molecule has 1 saturated heterocycles. The summed E-state index contributed by atoms with van der Waals surface area (Å²) in [5.41, 5.74) is 1.31. The smallest absolute Gasteiger partial charge is 0.252 e. The van der Waals surface area contributed by atoms with Gasteiger partial charge in [0.15, 0.2) is 5.75 Å². The maximum atomic E-state index is 12.3. The van der Waals surface area contributed by atoms with Crippen LogP contribution >= 0.6 is 0 Å². The molecule has 1 aliphatic heterocycles. The minimum atomic E-state index is -0.146. The van der Waals surface area contributed by atoms with Crippen LogP contribution in [0.2, 0.25) is 0 Å². The van der Waals surface area contributed by atoms with Crippen LogP contribution in [0.4, 0.5) is 11.5 Å². The average Bonchev–Trinajstić information content (AvgIpc) is 3.28. The van der Waals surface area contributed by atoms with E-state index in [4.69, 9.17) is 9.47 Å². The van der Waals surface area contributed by atoms with E-state index in [0.717, 1.165) is 30.9 Å². The predicted octanol–water partition coefficient (Wildman–Crippen LogP) is 4.53. The Morgan fingerprint density at radius 1 is 1.07 bits per heavy atom. The molecule has 0 spiro atoms. The number of nitrogens with one attached hydrogen (secondary N) is 2. The molecule has 2 heterocycles. The van der Waals surface area contributed by atoms with Crippen molar-refractivity contribution >= 4 is 17.4 Å². The van der Waals surface area contributed by atoms with Gasteiger partial charge in [-0.1, -0.05) is 30.3 Å². The van der Waals surface area contributed by atoms with Crippen molar-refractivity contribution in [3.63, 3.8) is 0 Å². The van der Waals surface area contributed by atoms with Gasteiger partial charge in [-0.05, 0) is 49.2 Å². The molecule has 6 heteroatoms. The maximum absolute atomic E-state index is 12.3. The third kappa shape index (κ3) is 5.12. The van der Waals surface area contributed by atoms with E-state index in [1.54, 1.807) is 18.3 Å². The Kier molecular flexibility index (Phi) is 6.02. The van der Waals surface area contributed by atoms with E-state index >= 15 is 0 Å². The van der Waals surface area contributed by atoms with Crippen LogP contribution in [0.1, 0.15) is 23.2 Å². The van der Waals surface area contributed by atoms with Crippen LogP contribution in [-0.4, -0.2) is 30.1 Å². The number of hydrogen-bond donors (Lipinski definition) is 2. The van der Waals surface area contributed by atoms with Gasteiger partial charge >= 0.3 is 0 Å². The number of aromatic nitrogens is 1. The number of hydrogen-bond acceptors (Lipinski definition) is 5. The summed E-state index contributed by atoms with van der Waals surface area (Å²) in [6.45, 7) is 1.31. The van der Waals surface area contributed by atoms with Gasteiger partial charge in [0.1, 0.15) is 11.6 Å². The second-order valence-electron chi connectivity index (χ2n) is 6.81. The van der Waals surface area contributed by atoms with Gasteiger partial charge in [-0.2, -0.15) is 0 Å². The molecule has 1 atom stereocenters. The van der Waals surface area contributed by atoms with Crippen molar-refractivity contribution in [3.05, 3.63) is 78.5 Å². The number of benzene rings is 2. The van der Waals surface area contributed by atoms with Gasteiger partial charge in [-0.3, -0.25) is 4.79 Å². The molecule has 0 bridgehead atoms. The number of nitrogens with zero attached hydrogens (tertiary/aromatic N) is 1. The molecule has 0 saturated carbocycles. The fraction of sp³-hybridized carbons (Fsp3) is 0.217. The molecule has 6 nitrogen and oxygen atoms in total. The van der Waals surface area contributed by atoms with Crippen LogP contribution in [0.15, 0.2) is 72.9 Å². The first-order valence-electron chi connectivity index (χ1n) is 9.73. The fourth-order valence-electron chi connectivity index (χ4n) is 3.13. The average molecular weight is 389 g/mol. The second kappa shape index (κ2) is 9.21. The Labute approximate surface area is 169 Å². The molecular formula is C23H23N3O3. The van der Waals surface area contributed by atoms with Crippen LogP contribution in [-0.2, 0) is 4.74 Å². The highest BCUT2D eigenvalue weighted by Crippen LogP contribution is 2.30. The zero-order valence-electron chi connectivity index (χ0n) is 16.0. The van der Waals surface area contributed by atoms with Crippen molar-refractivity contribution in [2.45, 2.75) is 18.9 Å². The summed E-state index contributed by atoms with van der Waals surface area (Å²) in [7, 11) is 0. The van der Waals surface area contributed by atoms with E-state index in [1.165, 1.54) is 0 Å². The van der Waals surface area contributed by atoms with Gasteiger partial charge in [-0.15, -0.1) is 0 Å². The number of carbonyl (C=O) groups excluding carboxylic acids is 1. The highest BCUT2D eigenvalue weighted by molar-refractivity contribution is 5.94. The number of anilines is 2. The van der Waals surface area contributed by atoms with Crippen LogP contribution in [0, 0.1) is 0 Å². The van der Waals surface area contributed by atoms with E-state index < -0.39 is 0 Å². The number of para-hydroxylation sites is 3. The van der Waals surface area contributed by atoms with Crippen LogP contribution in [0.25, 0.3) is 0 Å². The molecule has 1 aromatic heterocycles. The normalized spacial score (nSPS) is 15.7. The molecule has 1 fully saturated rings. The van der Waals surface area contributed by atoms with E-state index in [2.05, 4.69) is 15.6 Å². The molecule has 29 heavy (non-hydrogen) atoms. The Bertz CT molecular complexity index is 939. The minimum absolute atomic E-state index is 0.119. The zero-order valence-corrected chi connectivity index (χ0v) is 16.0. The number of rotatable bonds is 7. The van der Waals surface area contributed by atoms with Crippen molar-refractivity contribution in [1.82, 2.24) is 10.3 Å². The first-order valence-corrected chi connectivity index (χ1v) is 9.73. The Morgan fingerprint density at radius 2 is 1.90 bits per heavy atom. The molecule has 3 aromatic rings. The molecule has 2 aromatic carbocycles. The first kappa shape index (κ1) is 19.0. The second-order valence-corrected chi connectivity index (χ2v) is 6.81. The van der Waals surface area contributed by atoms with Gasteiger partial charge < -0.3 is 20.1 Å². The lowest BCUT2D eigenvalue weighted by molar-refractivity contribution is 0.0857. The molecule has 1 unspecified atom stereocenters. The summed E-state index contributed by atoms with van der Waals surface area (Å²) in [5, 5.41) is 6.15. The largest absolute Gasteiger partial charge is 0.455 e. The van der Waals surface area contributed by atoms with Gasteiger partial charge in [0, 0.05) is 19.3 Å². The molecule has 2 N–H and O–H groups in total. The third-order valence-corrected chi connectivity index (χ3v) is 4.66. The van der Waals surface area contributed by atoms with Crippen LogP contribution in [0.5, 0.6) is 11.5 Å². The minimum Gasteiger partial charge on any atom is -0.455 e. The van der Waals surface area contributed by atoms with E-state index in [1.807, 2.05) is 54.6 Å². The van der Waals surface area contributed by atoms with Crippen molar-refractivity contribution in [2.75, 3.05) is 18.5 Å². The third-order valence-electron chi connectivity index (χ3n) is 4.66. The first-order chi connectivity index (χ1) is 14.3. The number of amides is 1. The molecule has 148 valence electrons. The predicted molar refractivity (Wildman–Crippen MR) is 112 cm³/mol. The summed E-state index contributed by atoms with van der Waals surface area (Å²) in [6.07, 6.45) is 3.73. The lowest BCUT2D eigenvalue weighted by atomic mass is 10.2. The van der Waals surface area contributed by atoms with Gasteiger partial charge in [0.2, 0.25) is 0 Å². The SMILES string of the molecule is O=C(NCC1CCCO1)c1ccc(Nc2ccccc2Oc2ccccc2)nc1. The molecule has 0 aliphatic carbocycles. The molecule has 1 amide bonds. The fourth-order valence-corrected chi connectivity index (χ4v) is 3.13.